The van der Waals surface area contributed by atoms with Gasteiger partial charge in [0.2, 0.25) is 5.28 Å². The third kappa shape index (κ3) is 3.92. The number of nitrogens with one attached hydrogen (secondary N) is 1. The summed E-state index contributed by atoms with van der Waals surface area (Å²) in [7, 11) is 0. The number of hydrogen-bond acceptors (Lipinski definition) is 4. The monoisotopic (exact) mass is 409 g/mol. The van der Waals surface area contributed by atoms with Gasteiger partial charge in [-0.1, -0.05) is 31.4 Å². The van der Waals surface area contributed by atoms with Gasteiger partial charge in [0, 0.05) is 12.6 Å². The van der Waals surface area contributed by atoms with Crippen LogP contribution in [-0.2, 0) is 12.7 Å². The van der Waals surface area contributed by atoms with E-state index >= 15 is 0 Å². The molecule has 2 aromatic heterocycles. The van der Waals surface area contributed by atoms with Gasteiger partial charge in [-0.2, -0.15) is 23.1 Å². The Morgan fingerprint density at radius 2 is 1.93 bits per heavy atom. The number of benzene rings is 1. The maximum absolute atomic E-state index is 12.9. The van der Waals surface area contributed by atoms with Crippen LogP contribution in [0.5, 0.6) is 0 Å². The molecule has 2 heterocycles. The van der Waals surface area contributed by atoms with Gasteiger partial charge in [-0.15, -0.1) is 0 Å². The van der Waals surface area contributed by atoms with E-state index in [-0.39, 0.29) is 11.8 Å². The third-order valence-corrected chi connectivity index (χ3v) is 5.25. The molecule has 148 valence electrons. The van der Waals surface area contributed by atoms with Crippen LogP contribution in [0.1, 0.15) is 49.3 Å². The lowest BCUT2D eigenvalue weighted by molar-refractivity contribution is -0.137. The normalized spacial score (nSPS) is 15.9. The first-order valence-electron chi connectivity index (χ1n) is 9.22. The number of imidazole rings is 1. The minimum absolute atomic E-state index is 0.0802. The summed E-state index contributed by atoms with van der Waals surface area (Å²) in [6.07, 6.45) is 3.10. The average Bonchev–Trinajstić information content (AvgIpc) is 3.10. The molecular formula is C19H19ClF3N5. The second-order valence-corrected chi connectivity index (χ2v) is 7.35. The van der Waals surface area contributed by atoms with Crippen LogP contribution in [0, 0.1) is 0 Å². The number of halogens is 4. The van der Waals surface area contributed by atoms with E-state index in [4.69, 9.17) is 11.6 Å². The summed E-state index contributed by atoms with van der Waals surface area (Å²) < 4.78 is 40.7. The molecule has 28 heavy (non-hydrogen) atoms. The summed E-state index contributed by atoms with van der Waals surface area (Å²) >= 11 is 6.11. The molecule has 9 heteroatoms. The highest BCUT2D eigenvalue weighted by Crippen LogP contribution is 2.32. The Morgan fingerprint density at radius 3 is 2.68 bits per heavy atom. The second kappa shape index (κ2) is 7.58. The van der Waals surface area contributed by atoms with Crippen LogP contribution in [0.15, 0.2) is 30.6 Å². The van der Waals surface area contributed by atoms with Crippen molar-refractivity contribution in [2.75, 3.05) is 5.32 Å². The molecule has 1 N–H and O–H groups in total. The van der Waals surface area contributed by atoms with Crippen LogP contribution in [-0.4, -0.2) is 19.5 Å². The zero-order chi connectivity index (χ0) is 19.7. The highest BCUT2D eigenvalue weighted by atomic mass is 35.5. The van der Waals surface area contributed by atoms with Crippen molar-refractivity contribution < 1.29 is 13.2 Å². The SMILES string of the molecule is FC(F)(F)c1cccc(CNc2nc(Cl)nc3c2ncn3C2CCCCC2)c1. The first kappa shape index (κ1) is 19.0. The van der Waals surface area contributed by atoms with Gasteiger partial charge in [0.25, 0.3) is 0 Å². The first-order chi connectivity index (χ1) is 13.4. The van der Waals surface area contributed by atoms with Crippen molar-refractivity contribution in [2.45, 2.75) is 50.9 Å². The summed E-state index contributed by atoms with van der Waals surface area (Å²) in [4.78, 5) is 13.0. The number of fused-ring (bicyclic) bond motifs is 1. The van der Waals surface area contributed by atoms with Gasteiger partial charge < -0.3 is 9.88 Å². The number of nitrogens with zero attached hydrogens (tertiary/aromatic N) is 4. The lowest BCUT2D eigenvalue weighted by Gasteiger charge is -2.23. The number of rotatable bonds is 4. The van der Waals surface area contributed by atoms with Crippen molar-refractivity contribution in [2.24, 2.45) is 0 Å². The molecule has 0 atom stereocenters. The smallest absolute Gasteiger partial charge is 0.364 e. The molecule has 1 saturated carbocycles. The molecule has 0 aliphatic heterocycles. The Bertz CT molecular complexity index is 979. The topological polar surface area (TPSA) is 55.6 Å². The van der Waals surface area contributed by atoms with E-state index in [1.54, 1.807) is 12.4 Å². The van der Waals surface area contributed by atoms with E-state index in [1.807, 2.05) is 4.57 Å². The molecule has 1 aliphatic rings. The lowest BCUT2D eigenvalue weighted by Crippen LogP contribution is -2.12. The van der Waals surface area contributed by atoms with Crippen LogP contribution >= 0.6 is 11.6 Å². The van der Waals surface area contributed by atoms with E-state index in [0.717, 1.165) is 25.0 Å². The Balaban J connectivity index is 1.60. The van der Waals surface area contributed by atoms with Crippen LogP contribution in [0.4, 0.5) is 19.0 Å². The maximum atomic E-state index is 12.9. The Hall–Kier alpha value is -2.35. The molecular weight excluding hydrogens is 391 g/mol. The molecule has 0 radical (unpaired) electrons. The van der Waals surface area contributed by atoms with Crippen molar-refractivity contribution in [1.82, 2.24) is 19.5 Å². The quantitative estimate of drug-likeness (QED) is 0.568. The second-order valence-electron chi connectivity index (χ2n) is 7.01. The van der Waals surface area contributed by atoms with Crippen LogP contribution in [0.25, 0.3) is 11.2 Å². The molecule has 0 unspecified atom stereocenters. The van der Waals surface area contributed by atoms with Gasteiger partial charge in [0.15, 0.2) is 17.0 Å². The summed E-state index contributed by atoms with van der Waals surface area (Å²) in [5.41, 5.74) is 1.03. The summed E-state index contributed by atoms with van der Waals surface area (Å²) in [6, 6.07) is 5.52. The third-order valence-electron chi connectivity index (χ3n) is 5.08. The zero-order valence-corrected chi connectivity index (χ0v) is 15.8. The van der Waals surface area contributed by atoms with Crippen molar-refractivity contribution in [1.29, 1.82) is 0 Å². The minimum atomic E-state index is -4.37. The maximum Gasteiger partial charge on any atom is 0.416 e. The molecule has 0 saturated heterocycles. The molecule has 5 nitrogen and oxygen atoms in total. The van der Waals surface area contributed by atoms with Gasteiger partial charge >= 0.3 is 6.18 Å². The van der Waals surface area contributed by atoms with E-state index < -0.39 is 11.7 Å². The van der Waals surface area contributed by atoms with Gasteiger partial charge in [-0.25, -0.2) is 4.98 Å². The first-order valence-corrected chi connectivity index (χ1v) is 9.60. The average molecular weight is 410 g/mol. The largest absolute Gasteiger partial charge is 0.416 e. The summed E-state index contributed by atoms with van der Waals surface area (Å²) in [6.45, 7) is 0.169. The van der Waals surface area contributed by atoms with E-state index in [0.29, 0.717) is 28.6 Å². The predicted octanol–water partition coefficient (Wildman–Crippen LogP) is 5.62. The van der Waals surface area contributed by atoms with Crippen LogP contribution in [0.3, 0.4) is 0 Å². The van der Waals surface area contributed by atoms with E-state index in [1.165, 1.54) is 25.3 Å². The highest BCUT2D eigenvalue weighted by Gasteiger charge is 2.30. The molecule has 0 amide bonds. The van der Waals surface area contributed by atoms with Crippen LogP contribution < -0.4 is 5.32 Å². The summed E-state index contributed by atoms with van der Waals surface area (Å²) in [5.74, 6) is 0.418. The molecule has 3 aromatic rings. The number of hydrogen-bond donors (Lipinski definition) is 1. The minimum Gasteiger partial charge on any atom is -0.364 e. The molecule has 0 bridgehead atoms. The molecule has 1 aliphatic carbocycles. The fraction of sp³-hybridized carbons (Fsp3) is 0.421. The zero-order valence-electron chi connectivity index (χ0n) is 15.0. The fourth-order valence-corrected chi connectivity index (χ4v) is 3.85. The molecule has 4 rings (SSSR count). The van der Waals surface area contributed by atoms with E-state index in [9.17, 15) is 13.2 Å². The van der Waals surface area contributed by atoms with Gasteiger partial charge in [-0.3, -0.25) is 0 Å². The van der Waals surface area contributed by atoms with Crippen molar-refractivity contribution in [3.63, 3.8) is 0 Å². The van der Waals surface area contributed by atoms with E-state index in [2.05, 4.69) is 20.3 Å². The highest BCUT2D eigenvalue weighted by molar-refractivity contribution is 6.28. The molecule has 0 spiro atoms. The Morgan fingerprint density at radius 1 is 1.14 bits per heavy atom. The van der Waals surface area contributed by atoms with Crippen molar-refractivity contribution in [3.05, 3.63) is 47.0 Å². The lowest BCUT2D eigenvalue weighted by atomic mass is 9.95. The molecule has 1 fully saturated rings. The van der Waals surface area contributed by atoms with Gasteiger partial charge in [0.05, 0.1) is 11.9 Å². The standard InChI is InChI=1S/C19H19ClF3N5/c20-18-26-16(24-10-12-5-4-6-13(9-12)19(21,22)23)15-17(27-18)28(11-25-15)14-7-2-1-3-8-14/h4-6,9,11,14H,1-3,7-8,10H2,(H,24,26,27). The van der Waals surface area contributed by atoms with Gasteiger partial charge in [0.1, 0.15) is 0 Å². The Kier molecular flexibility index (Phi) is 5.14. The predicted molar refractivity (Wildman–Crippen MR) is 101 cm³/mol. The summed E-state index contributed by atoms with van der Waals surface area (Å²) in [5, 5.41) is 3.14. The number of aromatic nitrogens is 4. The van der Waals surface area contributed by atoms with Crippen LogP contribution in [0.2, 0.25) is 5.28 Å². The fourth-order valence-electron chi connectivity index (χ4n) is 3.68. The molecule has 1 aromatic carbocycles. The Labute approximate surface area is 165 Å². The number of anilines is 1. The number of alkyl halides is 3. The van der Waals surface area contributed by atoms with Crippen molar-refractivity contribution in [3.8, 4) is 0 Å². The van der Waals surface area contributed by atoms with Crippen molar-refractivity contribution >= 4 is 28.6 Å². The van der Waals surface area contributed by atoms with Gasteiger partial charge in [-0.05, 0) is 42.1 Å².